The predicted molar refractivity (Wildman–Crippen MR) is 265 cm³/mol. The molecular weight excluding hydrogens is 834 g/mol. The first-order valence-corrected chi connectivity index (χ1v) is 23.6. The van der Waals surface area contributed by atoms with Crippen LogP contribution in [0.5, 0.6) is 0 Å². The molecule has 0 radical (unpaired) electrons. The monoisotopic (exact) mass is 865 g/mol. The molecule has 66 heavy (non-hydrogen) atoms. The highest BCUT2D eigenvalue weighted by Gasteiger charge is 2.41. The third-order valence-corrected chi connectivity index (χ3v) is 15.9. The van der Waals surface area contributed by atoms with Gasteiger partial charge < -0.3 is 5.32 Å². The summed E-state index contributed by atoms with van der Waals surface area (Å²) >= 11 is 0. The molecule has 11 nitrogen and oxygen atoms in total. The summed E-state index contributed by atoms with van der Waals surface area (Å²) in [5, 5.41) is 7.87. The van der Waals surface area contributed by atoms with Crippen molar-refractivity contribution in [2.75, 3.05) is 5.32 Å². The molecule has 3 atom stereocenters. The van der Waals surface area contributed by atoms with Crippen LogP contribution in [0.1, 0.15) is 36.3 Å². The topological polar surface area (TPSA) is 140 Å². The number of rotatable bonds is 0. The number of aromatic nitrogens is 9. The van der Waals surface area contributed by atoms with Gasteiger partial charge in [-0.1, -0.05) is 57.2 Å². The average Bonchev–Trinajstić information content (AvgIpc) is 3.38. The van der Waals surface area contributed by atoms with Crippen LogP contribution in [0.25, 0.3) is 117 Å². The van der Waals surface area contributed by atoms with Gasteiger partial charge in [-0.2, -0.15) is 0 Å². The summed E-state index contributed by atoms with van der Waals surface area (Å²) in [6.45, 7) is 0. The standard InChI is InChI=1S/C54H32N11P/c1-7-31-25-19-20-26-32-8-2-15-39(56-32)40-17-5-11-35(59-40)29-23-24-30-36-12-6-18-42(60-36)41-16-4-10-34(58-41)28-22-21-27(33-9-3-14-38(57-33)37(13-1)55-31)45-46(28)64-51-49(63-45)48-50(62-44(26)43(25)61-48)52-54(51)66-53(30)47(29)65-52/h2-5,7-11,14-24,47,53,65-66H,1,6,12-13H2. The van der Waals surface area contributed by atoms with Gasteiger partial charge in [0.05, 0.1) is 95.7 Å². The van der Waals surface area contributed by atoms with E-state index in [0.717, 1.165) is 165 Å². The minimum atomic E-state index is -0.164. The molecule has 1 aliphatic carbocycles. The summed E-state index contributed by atoms with van der Waals surface area (Å²) in [6.07, 6.45) is 12.3. The summed E-state index contributed by atoms with van der Waals surface area (Å²) in [7, 11) is 0.284. The van der Waals surface area contributed by atoms with Crippen LogP contribution in [-0.2, 0) is 6.42 Å². The maximum Gasteiger partial charge on any atom is 0.119 e. The van der Waals surface area contributed by atoms with E-state index in [-0.39, 0.29) is 20.3 Å². The second kappa shape index (κ2) is 12.8. The Kier molecular flexibility index (Phi) is 6.87. The Hall–Kier alpha value is -8.01. The average molecular weight is 866 g/mol. The van der Waals surface area contributed by atoms with Crippen LogP contribution < -0.4 is 16.0 Å². The lowest BCUT2D eigenvalue weighted by Crippen LogP contribution is -2.43. The van der Waals surface area contributed by atoms with E-state index < -0.39 is 0 Å². The fraction of sp³-hybridized carbons (Fsp3) is 0.111. The second-order valence-corrected chi connectivity index (χ2v) is 19.2. The number of benzene rings is 3. The smallest absolute Gasteiger partial charge is 0.119 e. The van der Waals surface area contributed by atoms with Crippen molar-refractivity contribution in [1.82, 2.24) is 44.9 Å². The molecule has 1 N–H and O–H groups in total. The van der Waals surface area contributed by atoms with Crippen molar-refractivity contribution >= 4 is 109 Å². The lowest BCUT2D eigenvalue weighted by molar-refractivity contribution is 0.878. The van der Waals surface area contributed by atoms with Crippen molar-refractivity contribution < 1.29 is 0 Å². The Bertz CT molecular complexity index is 4210. The van der Waals surface area contributed by atoms with Crippen LogP contribution >= 0.6 is 8.58 Å². The van der Waals surface area contributed by atoms with Crippen molar-refractivity contribution in [3.8, 4) is 33.9 Å². The zero-order valence-electron chi connectivity index (χ0n) is 35.0. The van der Waals surface area contributed by atoms with Crippen LogP contribution in [-0.4, -0.2) is 62.3 Å². The molecular formula is C54H32N11P. The fourth-order valence-corrected chi connectivity index (χ4v) is 12.8. The molecule has 10 aromatic rings. The number of hydrogen-bond donors (Lipinski definition) is 1. The number of aliphatic imine (C=N–C) groups is 1. The molecule has 5 aliphatic heterocycles. The van der Waals surface area contributed by atoms with E-state index in [0.29, 0.717) is 11.0 Å². The summed E-state index contributed by atoms with van der Waals surface area (Å²) in [6, 6.07) is 33.2. The number of nitrogens with zero attached hydrogens (tertiary/aromatic N) is 10. The molecule has 12 heteroatoms. The van der Waals surface area contributed by atoms with Crippen LogP contribution in [0.2, 0.25) is 0 Å². The molecule has 0 saturated heterocycles. The molecule has 0 fully saturated rings. The van der Waals surface area contributed by atoms with Gasteiger partial charge in [0.1, 0.15) is 22.1 Å². The van der Waals surface area contributed by atoms with Gasteiger partial charge in [0, 0.05) is 44.1 Å². The Morgan fingerprint density at radius 3 is 1.95 bits per heavy atom. The first-order chi connectivity index (χ1) is 32.6. The molecule has 12 heterocycles. The zero-order chi connectivity index (χ0) is 42.8. The van der Waals surface area contributed by atoms with Gasteiger partial charge in [0.2, 0.25) is 0 Å². The quantitative estimate of drug-likeness (QED) is 0.0891. The fourth-order valence-electron chi connectivity index (χ4n) is 11.0. The second-order valence-electron chi connectivity index (χ2n) is 17.8. The molecule has 0 spiro atoms. The third-order valence-electron chi connectivity index (χ3n) is 14.1. The van der Waals surface area contributed by atoms with E-state index in [2.05, 4.69) is 121 Å². The van der Waals surface area contributed by atoms with Crippen molar-refractivity contribution in [2.45, 2.75) is 37.4 Å². The highest BCUT2D eigenvalue weighted by Crippen LogP contribution is 2.49. The van der Waals surface area contributed by atoms with E-state index >= 15 is 0 Å². The normalized spacial score (nSPS) is 18.7. The molecule has 3 aromatic carbocycles. The first-order valence-electron chi connectivity index (χ1n) is 22.5. The highest BCUT2D eigenvalue weighted by atomic mass is 31.1. The van der Waals surface area contributed by atoms with Gasteiger partial charge in [-0.05, 0) is 104 Å². The van der Waals surface area contributed by atoms with E-state index in [1.165, 1.54) is 5.57 Å². The van der Waals surface area contributed by atoms with Crippen molar-refractivity contribution in [1.29, 1.82) is 0 Å². The van der Waals surface area contributed by atoms with Gasteiger partial charge in [-0.3, -0.25) is 9.98 Å². The molecule has 0 saturated carbocycles. The van der Waals surface area contributed by atoms with Crippen LogP contribution in [0, 0.1) is 0 Å². The molecule has 16 rings (SSSR count). The van der Waals surface area contributed by atoms with Gasteiger partial charge in [0.25, 0.3) is 0 Å². The SMILES string of the molecule is C1=C2N=C(CC1)C1=CC=C3c4cccc(n4)-c4cccc(n4)-c4ccc5c6nc(c7cccc(n7)c7ccc(c8nc9c%10c(c%11nc4c5nc%11c9nc87)NC3C1P%10)-c1cccc2n1)CCC=6. The van der Waals surface area contributed by atoms with E-state index in [1.807, 2.05) is 6.07 Å². The summed E-state index contributed by atoms with van der Waals surface area (Å²) in [5.41, 5.74) is 20.3. The Balaban J connectivity index is 1.17. The number of pyridine rings is 4. The number of fused-ring (bicyclic) bond motifs is 20. The van der Waals surface area contributed by atoms with Crippen LogP contribution in [0.4, 0.5) is 5.69 Å². The molecule has 7 aromatic heterocycles. The van der Waals surface area contributed by atoms with Gasteiger partial charge in [-0.25, -0.2) is 39.9 Å². The first kappa shape index (κ1) is 35.4. The van der Waals surface area contributed by atoms with Crippen molar-refractivity contribution in [3.63, 3.8) is 0 Å². The number of anilines is 1. The number of hydrogen-bond acceptors (Lipinski definition) is 11. The van der Waals surface area contributed by atoms with Crippen molar-refractivity contribution in [3.05, 3.63) is 143 Å². The summed E-state index contributed by atoms with van der Waals surface area (Å²) < 4.78 is 0. The largest absolute Gasteiger partial charge is 0.375 e. The highest BCUT2D eigenvalue weighted by molar-refractivity contribution is 7.50. The number of aryl methyl sites for hydroxylation is 1. The maximum atomic E-state index is 5.81. The van der Waals surface area contributed by atoms with E-state index in [4.69, 9.17) is 49.8 Å². The molecule has 24 bridgehead atoms. The maximum absolute atomic E-state index is 5.81. The lowest BCUT2D eigenvalue weighted by Gasteiger charge is -2.40. The lowest BCUT2D eigenvalue weighted by atomic mass is 9.85. The van der Waals surface area contributed by atoms with Gasteiger partial charge >= 0.3 is 0 Å². The van der Waals surface area contributed by atoms with Crippen LogP contribution in [0.3, 0.4) is 0 Å². The molecule has 308 valence electrons. The third kappa shape index (κ3) is 4.84. The van der Waals surface area contributed by atoms with Crippen LogP contribution in [0.15, 0.2) is 126 Å². The van der Waals surface area contributed by atoms with Gasteiger partial charge in [0.15, 0.2) is 0 Å². The van der Waals surface area contributed by atoms with E-state index in [9.17, 15) is 0 Å². The molecule has 0 amide bonds. The van der Waals surface area contributed by atoms with Crippen molar-refractivity contribution in [2.24, 2.45) is 4.99 Å². The Labute approximate surface area is 376 Å². The predicted octanol–water partition coefficient (Wildman–Crippen LogP) is 9.56. The Morgan fingerprint density at radius 1 is 0.470 bits per heavy atom. The summed E-state index contributed by atoms with van der Waals surface area (Å²) in [4.78, 5) is 55.3. The van der Waals surface area contributed by atoms with Gasteiger partial charge in [-0.15, -0.1) is 0 Å². The minimum Gasteiger partial charge on any atom is -0.375 e. The van der Waals surface area contributed by atoms with E-state index in [1.54, 1.807) is 0 Å². The number of allylic oxidation sites excluding steroid dienone is 3. The summed E-state index contributed by atoms with van der Waals surface area (Å²) in [5.74, 6) is 0. The molecule has 3 unspecified atom stereocenters. The zero-order valence-corrected chi connectivity index (χ0v) is 36.0. The minimum absolute atomic E-state index is 0.00674. The molecule has 6 aliphatic rings. The Morgan fingerprint density at radius 2 is 1.11 bits per heavy atom. The number of nitrogens with one attached hydrogen (secondary N) is 1.